The van der Waals surface area contributed by atoms with Crippen molar-refractivity contribution in [3.05, 3.63) is 29.6 Å². The zero-order valence-corrected chi connectivity index (χ0v) is 12.6. The summed E-state index contributed by atoms with van der Waals surface area (Å²) in [6.07, 6.45) is 14.6. The summed E-state index contributed by atoms with van der Waals surface area (Å²) in [7, 11) is 0. The molecule has 0 saturated carbocycles. The van der Waals surface area contributed by atoms with Crippen LogP contribution in [0.4, 0.5) is 0 Å². The first-order valence-electron chi connectivity index (χ1n) is 7.84. The first-order chi connectivity index (χ1) is 9.25. The number of aryl methyl sites for hydroxylation is 1. The van der Waals surface area contributed by atoms with Crippen molar-refractivity contribution in [1.29, 1.82) is 0 Å². The van der Waals surface area contributed by atoms with Crippen molar-refractivity contribution in [3.8, 4) is 0 Å². The van der Waals surface area contributed by atoms with Crippen molar-refractivity contribution in [2.75, 3.05) is 0 Å². The van der Waals surface area contributed by atoms with E-state index in [0.717, 1.165) is 24.0 Å². The van der Waals surface area contributed by atoms with Gasteiger partial charge >= 0.3 is 0 Å². The number of aliphatic hydroxyl groups excluding tert-OH is 1. The summed E-state index contributed by atoms with van der Waals surface area (Å²) in [4.78, 5) is 4.09. The summed E-state index contributed by atoms with van der Waals surface area (Å²) in [5.41, 5.74) is 2.13. The highest BCUT2D eigenvalue weighted by molar-refractivity contribution is 5.23. The van der Waals surface area contributed by atoms with Gasteiger partial charge in [-0.25, -0.2) is 0 Å². The van der Waals surface area contributed by atoms with Crippen molar-refractivity contribution in [2.24, 2.45) is 0 Å². The molecule has 1 heterocycles. The first-order valence-corrected chi connectivity index (χ1v) is 7.84. The Hall–Kier alpha value is -0.890. The van der Waals surface area contributed by atoms with Crippen LogP contribution in [0, 0.1) is 6.92 Å². The average Bonchev–Trinajstić information content (AvgIpc) is 2.42. The number of aromatic nitrogens is 1. The van der Waals surface area contributed by atoms with Crippen LogP contribution in [0.3, 0.4) is 0 Å². The Balaban J connectivity index is 2.08. The minimum atomic E-state index is -0.339. The molecule has 0 amide bonds. The Morgan fingerprint density at radius 1 is 1.05 bits per heavy atom. The fourth-order valence-corrected chi connectivity index (χ4v) is 2.45. The molecule has 0 spiro atoms. The van der Waals surface area contributed by atoms with E-state index in [1.165, 1.54) is 44.9 Å². The van der Waals surface area contributed by atoms with E-state index in [4.69, 9.17) is 0 Å². The maximum absolute atomic E-state index is 10.1. The van der Waals surface area contributed by atoms with Gasteiger partial charge in [0.15, 0.2) is 0 Å². The number of pyridine rings is 1. The van der Waals surface area contributed by atoms with Gasteiger partial charge in [-0.3, -0.25) is 4.98 Å². The Morgan fingerprint density at radius 3 is 2.32 bits per heavy atom. The summed E-state index contributed by atoms with van der Waals surface area (Å²) >= 11 is 0. The minimum absolute atomic E-state index is 0.339. The lowest BCUT2D eigenvalue weighted by molar-refractivity contribution is 0.162. The normalized spacial score (nSPS) is 12.6. The second kappa shape index (κ2) is 9.96. The highest BCUT2D eigenvalue weighted by atomic mass is 16.3. The summed E-state index contributed by atoms with van der Waals surface area (Å²) in [6, 6.07) is 1.96. The quantitative estimate of drug-likeness (QED) is 0.606. The average molecular weight is 263 g/mol. The minimum Gasteiger partial charge on any atom is -0.388 e. The van der Waals surface area contributed by atoms with Gasteiger partial charge < -0.3 is 5.11 Å². The van der Waals surface area contributed by atoms with Crippen LogP contribution in [0.1, 0.15) is 81.9 Å². The lowest BCUT2D eigenvalue weighted by Gasteiger charge is -2.12. The van der Waals surface area contributed by atoms with Crippen LogP contribution in [0.2, 0.25) is 0 Å². The molecule has 0 bridgehead atoms. The predicted molar refractivity (Wildman–Crippen MR) is 81.2 cm³/mol. The molecule has 1 rings (SSSR count). The Kier molecular flexibility index (Phi) is 8.48. The third kappa shape index (κ3) is 6.72. The second-order valence-electron chi connectivity index (χ2n) is 5.51. The fourth-order valence-electron chi connectivity index (χ4n) is 2.45. The molecule has 0 saturated heterocycles. The zero-order valence-electron chi connectivity index (χ0n) is 12.6. The molecule has 1 aromatic rings. The van der Waals surface area contributed by atoms with Crippen molar-refractivity contribution in [3.63, 3.8) is 0 Å². The van der Waals surface area contributed by atoms with Crippen LogP contribution in [0.25, 0.3) is 0 Å². The molecule has 0 aliphatic heterocycles. The lowest BCUT2D eigenvalue weighted by atomic mass is 10.00. The van der Waals surface area contributed by atoms with Crippen LogP contribution >= 0.6 is 0 Å². The maximum Gasteiger partial charge on any atom is 0.0807 e. The number of rotatable bonds is 10. The van der Waals surface area contributed by atoms with Crippen molar-refractivity contribution in [1.82, 2.24) is 4.98 Å². The van der Waals surface area contributed by atoms with E-state index in [2.05, 4.69) is 11.9 Å². The fraction of sp³-hybridized carbons (Fsp3) is 0.706. The summed E-state index contributed by atoms with van der Waals surface area (Å²) in [6.45, 7) is 4.29. The number of nitrogens with zero attached hydrogens (tertiary/aromatic N) is 1. The summed E-state index contributed by atoms with van der Waals surface area (Å²) < 4.78 is 0. The van der Waals surface area contributed by atoms with E-state index < -0.39 is 0 Å². The molecule has 2 nitrogen and oxygen atoms in total. The van der Waals surface area contributed by atoms with Crippen LogP contribution < -0.4 is 0 Å². The topological polar surface area (TPSA) is 33.1 Å². The van der Waals surface area contributed by atoms with Gasteiger partial charge in [0.05, 0.1) is 6.10 Å². The van der Waals surface area contributed by atoms with Gasteiger partial charge in [-0.2, -0.15) is 0 Å². The number of hydrogen-bond donors (Lipinski definition) is 1. The van der Waals surface area contributed by atoms with Crippen molar-refractivity contribution < 1.29 is 5.11 Å². The summed E-state index contributed by atoms with van der Waals surface area (Å²) in [5.74, 6) is 0. The molecule has 0 aliphatic carbocycles. The molecule has 1 unspecified atom stereocenters. The first kappa shape index (κ1) is 16.2. The van der Waals surface area contributed by atoms with Gasteiger partial charge in [0.2, 0.25) is 0 Å². The Labute approximate surface area is 118 Å². The Bertz CT molecular complexity index is 338. The molecule has 0 fully saturated rings. The largest absolute Gasteiger partial charge is 0.388 e. The molecule has 0 aromatic carbocycles. The highest BCUT2D eigenvalue weighted by Crippen LogP contribution is 2.22. The van der Waals surface area contributed by atoms with E-state index in [-0.39, 0.29) is 6.10 Å². The van der Waals surface area contributed by atoms with Gasteiger partial charge in [0.25, 0.3) is 0 Å². The van der Waals surface area contributed by atoms with Crippen LogP contribution in [-0.2, 0) is 0 Å². The molecule has 2 heteroatoms. The molecule has 0 radical (unpaired) electrons. The van der Waals surface area contributed by atoms with E-state index in [1.807, 2.05) is 13.0 Å². The monoisotopic (exact) mass is 263 g/mol. The van der Waals surface area contributed by atoms with E-state index >= 15 is 0 Å². The molecule has 0 aliphatic rings. The van der Waals surface area contributed by atoms with Gasteiger partial charge in [0, 0.05) is 18.0 Å². The summed E-state index contributed by atoms with van der Waals surface area (Å²) in [5, 5.41) is 10.1. The molecule has 108 valence electrons. The van der Waals surface area contributed by atoms with Crippen LogP contribution in [0.15, 0.2) is 18.5 Å². The number of hydrogen-bond acceptors (Lipinski definition) is 2. The number of aliphatic hydroxyl groups is 1. The lowest BCUT2D eigenvalue weighted by Crippen LogP contribution is -2.00. The molecule has 19 heavy (non-hydrogen) atoms. The SMILES string of the molecule is CCCCCCCCCCC(O)c1cnccc1C. The molecule has 1 aromatic heterocycles. The zero-order chi connectivity index (χ0) is 13.9. The molecule has 1 N–H and O–H groups in total. The second-order valence-corrected chi connectivity index (χ2v) is 5.51. The van der Waals surface area contributed by atoms with Gasteiger partial charge in [-0.05, 0) is 25.0 Å². The van der Waals surface area contributed by atoms with Crippen LogP contribution in [-0.4, -0.2) is 10.1 Å². The van der Waals surface area contributed by atoms with E-state index in [0.29, 0.717) is 0 Å². The Morgan fingerprint density at radius 2 is 1.68 bits per heavy atom. The van der Waals surface area contributed by atoms with E-state index in [1.54, 1.807) is 12.4 Å². The van der Waals surface area contributed by atoms with Gasteiger partial charge in [-0.1, -0.05) is 58.3 Å². The highest BCUT2D eigenvalue weighted by Gasteiger charge is 2.09. The third-order valence-corrected chi connectivity index (χ3v) is 3.77. The standard InChI is InChI=1S/C17H29NO/c1-3-4-5-6-7-8-9-10-11-17(19)16-14-18-13-12-15(16)2/h12-14,17,19H,3-11H2,1-2H3. The van der Waals surface area contributed by atoms with Crippen molar-refractivity contribution >= 4 is 0 Å². The van der Waals surface area contributed by atoms with Gasteiger partial charge in [-0.15, -0.1) is 0 Å². The molecular weight excluding hydrogens is 234 g/mol. The molecule has 1 atom stereocenters. The van der Waals surface area contributed by atoms with Crippen LogP contribution in [0.5, 0.6) is 0 Å². The van der Waals surface area contributed by atoms with E-state index in [9.17, 15) is 5.11 Å². The van der Waals surface area contributed by atoms with Crippen molar-refractivity contribution in [2.45, 2.75) is 77.7 Å². The predicted octanol–water partition coefficient (Wildman–Crippen LogP) is 4.95. The smallest absolute Gasteiger partial charge is 0.0807 e. The van der Waals surface area contributed by atoms with Gasteiger partial charge in [0.1, 0.15) is 0 Å². The molecular formula is C17H29NO. The third-order valence-electron chi connectivity index (χ3n) is 3.77. The maximum atomic E-state index is 10.1. The number of unbranched alkanes of at least 4 members (excludes halogenated alkanes) is 7.